The van der Waals surface area contributed by atoms with Crippen LogP contribution in [0.5, 0.6) is 0 Å². The van der Waals surface area contributed by atoms with Crippen LogP contribution in [0.4, 0.5) is 0 Å². The van der Waals surface area contributed by atoms with E-state index in [1.54, 1.807) is 30.3 Å². The molecule has 1 amide bonds. The third-order valence-corrected chi connectivity index (χ3v) is 4.22. The summed E-state index contributed by atoms with van der Waals surface area (Å²) in [4.78, 5) is 24.5. The Morgan fingerprint density at radius 3 is 2.20 bits per heavy atom. The van der Waals surface area contributed by atoms with E-state index in [0.717, 1.165) is 16.7 Å². The van der Waals surface area contributed by atoms with Crippen molar-refractivity contribution in [2.75, 3.05) is 7.11 Å². The molecule has 0 fully saturated rings. The van der Waals surface area contributed by atoms with Crippen molar-refractivity contribution in [1.82, 2.24) is 5.32 Å². The molecule has 0 aliphatic carbocycles. The van der Waals surface area contributed by atoms with Crippen molar-refractivity contribution in [2.45, 2.75) is 32.4 Å². The van der Waals surface area contributed by atoms with Crippen LogP contribution in [0.3, 0.4) is 0 Å². The van der Waals surface area contributed by atoms with Gasteiger partial charge in [0.2, 0.25) is 0 Å². The number of hydrogen-bond donors (Lipinski definition) is 2. The first-order valence-electron chi connectivity index (χ1n) is 8.10. The molecule has 2 atom stereocenters. The highest BCUT2D eigenvalue weighted by Crippen LogP contribution is 2.17. The number of benzene rings is 2. The molecule has 0 bridgehead atoms. The minimum atomic E-state index is -1.34. The third kappa shape index (κ3) is 4.67. The maximum absolute atomic E-state index is 12.4. The van der Waals surface area contributed by atoms with Gasteiger partial charge in [0.1, 0.15) is 6.04 Å². The smallest absolute Gasteiger partial charge is 0.328 e. The first-order chi connectivity index (χ1) is 11.9. The number of aryl methyl sites for hydroxylation is 2. The zero-order chi connectivity index (χ0) is 18.4. The molecule has 0 aliphatic rings. The molecule has 0 radical (unpaired) electrons. The number of aliphatic hydroxyl groups excluding tert-OH is 1. The van der Waals surface area contributed by atoms with Gasteiger partial charge in [0, 0.05) is 6.42 Å². The summed E-state index contributed by atoms with van der Waals surface area (Å²) in [7, 11) is 1.28. The summed E-state index contributed by atoms with van der Waals surface area (Å²) < 4.78 is 4.82. The normalized spacial score (nSPS) is 13.0. The van der Waals surface area contributed by atoms with E-state index in [1.165, 1.54) is 7.11 Å². The van der Waals surface area contributed by atoms with Gasteiger partial charge in [-0.3, -0.25) is 4.79 Å². The van der Waals surface area contributed by atoms with E-state index in [9.17, 15) is 14.7 Å². The summed E-state index contributed by atoms with van der Waals surface area (Å²) in [5, 5.41) is 12.8. The number of amides is 1. The highest BCUT2D eigenvalue weighted by Gasteiger charge is 2.27. The molecular formula is C20H23NO4. The predicted octanol–water partition coefficient (Wildman–Crippen LogP) is 2.24. The van der Waals surface area contributed by atoms with Crippen LogP contribution in [0.25, 0.3) is 0 Å². The largest absolute Gasteiger partial charge is 0.467 e. The third-order valence-electron chi connectivity index (χ3n) is 4.22. The molecule has 0 aliphatic heterocycles. The zero-order valence-corrected chi connectivity index (χ0v) is 14.7. The summed E-state index contributed by atoms with van der Waals surface area (Å²) >= 11 is 0. The van der Waals surface area contributed by atoms with Crippen molar-refractivity contribution in [1.29, 1.82) is 0 Å². The molecule has 0 heterocycles. The number of rotatable bonds is 6. The van der Waals surface area contributed by atoms with Crippen LogP contribution in [-0.2, 0) is 20.7 Å². The molecule has 2 rings (SSSR count). The molecule has 2 N–H and O–H groups in total. The van der Waals surface area contributed by atoms with Crippen LogP contribution in [0.15, 0.2) is 48.5 Å². The number of nitrogens with one attached hydrogen (secondary N) is 1. The number of hydrogen-bond acceptors (Lipinski definition) is 4. The molecule has 0 unspecified atom stereocenters. The summed E-state index contributed by atoms with van der Waals surface area (Å²) in [6, 6.07) is 13.6. The Balaban J connectivity index is 2.18. The van der Waals surface area contributed by atoms with Crippen molar-refractivity contribution >= 4 is 11.9 Å². The van der Waals surface area contributed by atoms with Gasteiger partial charge in [-0.1, -0.05) is 48.5 Å². The number of esters is 1. The van der Waals surface area contributed by atoms with E-state index in [0.29, 0.717) is 12.0 Å². The van der Waals surface area contributed by atoms with Gasteiger partial charge in [-0.05, 0) is 36.1 Å². The Kier molecular flexibility index (Phi) is 6.31. The lowest BCUT2D eigenvalue weighted by molar-refractivity contribution is -0.146. The highest BCUT2D eigenvalue weighted by atomic mass is 16.5. The molecule has 0 saturated carbocycles. The number of carbonyl (C=O) groups is 2. The molecular weight excluding hydrogens is 318 g/mol. The topological polar surface area (TPSA) is 75.6 Å². The number of methoxy groups -OCH3 is 1. The lowest BCUT2D eigenvalue weighted by atomic mass is 9.96. The lowest BCUT2D eigenvalue weighted by Gasteiger charge is -2.20. The fraction of sp³-hybridized carbons (Fsp3) is 0.300. The fourth-order valence-electron chi connectivity index (χ4n) is 2.75. The Labute approximate surface area is 147 Å². The second-order valence-electron chi connectivity index (χ2n) is 5.97. The van der Waals surface area contributed by atoms with E-state index in [4.69, 9.17) is 4.74 Å². The van der Waals surface area contributed by atoms with Gasteiger partial charge in [-0.15, -0.1) is 0 Å². The molecule has 5 heteroatoms. The molecule has 25 heavy (non-hydrogen) atoms. The maximum Gasteiger partial charge on any atom is 0.328 e. The van der Waals surface area contributed by atoms with Crippen molar-refractivity contribution in [3.05, 3.63) is 70.8 Å². The molecule has 0 spiro atoms. The maximum atomic E-state index is 12.4. The predicted molar refractivity (Wildman–Crippen MR) is 95.0 cm³/mol. The standard InChI is InChI=1S/C20H23NO4/c1-13-8-7-9-14(2)16(13)12-17(20(24)25-3)21-19(23)18(22)15-10-5-4-6-11-15/h4-11,17-18,22H,12H2,1-3H3,(H,21,23)/t17-,18+/m1/s1. The quantitative estimate of drug-likeness (QED) is 0.790. The van der Waals surface area contributed by atoms with E-state index < -0.39 is 24.0 Å². The van der Waals surface area contributed by atoms with Crippen LogP contribution >= 0.6 is 0 Å². The Hall–Kier alpha value is -2.66. The monoisotopic (exact) mass is 341 g/mol. The highest BCUT2D eigenvalue weighted by molar-refractivity contribution is 5.87. The van der Waals surface area contributed by atoms with Crippen molar-refractivity contribution in [3.8, 4) is 0 Å². The second-order valence-corrected chi connectivity index (χ2v) is 5.97. The lowest BCUT2D eigenvalue weighted by Crippen LogP contribution is -2.45. The van der Waals surface area contributed by atoms with Crippen LogP contribution in [0, 0.1) is 13.8 Å². The Bertz CT molecular complexity index is 722. The van der Waals surface area contributed by atoms with Gasteiger partial charge in [-0.2, -0.15) is 0 Å². The van der Waals surface area contributed by atoms with Gasteiger partial charge >= 0.3 is 5.97 Å². The first kappa shape index (κ1) is 18.7. The average Bonchev–Trinajstić information content (AvgIpc) is 2.63. The molecule has 5 nitrogen and oxygen atoms in total. The van der Waals surface area contributed by atoms with E-state index in [1.807, 2.05) is 32.0 Å². The molecule has 0 aromatic heterocycles. The minimum absolute atomic E-state index is 0.304. The average molecular weight is 341 g/mol. The first-order valence-corrected chi connectivity index (χ1v) is 8.10. The SMILES string of the molecule is COC(=O)[C@@H](Cc1c(C)cccc1C)NC(=O)[C@@H](O)c1ccccc1. The summed E-state index contributed by atoms with van der Waals surface area (Å²) in [5.74, 6) is -1.18. The molecule has 0 saturated heterocycles. The fourth-order valence-corrected chi connectivity index (χ4v) is 2.75. The van der Waals surface area contributed by atoms with E-state index in [2.05, 4.69) is 5.32 Å². The minimum Gasteiger partial charge on any atom is -0.467 e. The van der Waals surface area contributed by atoms with Gasteiger partial charge in [-0.25, -0.2) is 4.79 Å². The zero-order valence-electron chi connectivity index (χ0n) is 14.7. The van der Waals surface area contributed by atoms with Crippen LogP contribution in [0.2, 0.25) is 0 Å². The molecule has 2 aromatic rings. The summed E-state index contributed by atoms with van der Waals surface area (Å²) in [6.45, 7) is 3.91. The Morgan fingerprint density at radius 2 is 1.64 bits per heavy atom. The van der Waals surface area contributed by atoms with Crippen LogP contribution in [-0.4, -0.2) is 30.1 Å². The van der Waals surface area contributed by atoms with Gasteiger partial charge in [0.25, 0.3) is 5.91 Å². The van der Waals surface area contributed by atoms with Crippen molar-refractivity contribution in [2.24, 2.45) is 0 Å². The van der Waals surface area contributed by atoms with Gasteiger partial charge < -0.3 is 15.2 Å². The molecule has 132 valence electrons. The number of carbonyl (C=O) groups excluding carboxylic acids is 2. The second kappa shape index (κ2) is 8.44. The van der Waals surface area contributed by atoms with E-state index >= 15 is 0 Å². The van der Waals surface area contributed by atoms with Crippen molar-refractivity contribution in [3.63, 3.8) is 0 Å². The molecule has 2 aromatic carbocycles. The number of ether oxygens (including phenoxy) is 1. The van der Waals surface area contributed by atoms with Crippen molar-refractivity contribution < 1.29 is 19.4 Å². The summed E-state index contributed by atoms with van der Waals surface area (Å²) in [5.41, 5.74) is 3.52. The number of aliphatic hydroxyl groups is 1. The van der Waals surface area contributed by atoms with E-state index in [-0.39, 0.29) is 0 Å². The van der Waals surface area contributed by atoms with Crippen LogP contribution in [0.1, 0.15) is 28.4 Å². The summed E-state index contributed by atoms with van der Waals surface area (Å²) in [6.07, 6.45) is -1.04. The van der Waals surface area contributed by atoms with Gasteiger partial charge in [0.05, 0.1) is 7.11 Å². The van der Waals surface area contributed by atoms with Gasteiger partial charge in [0.15, 0.2) is 6.10 Å². The van der Waals surface area contributed by atoms with Crippen LogP contribution < -0.4 is 5.32 Å². The Morgan fingerprint density at radius 1 is 1.04 bits per heavy atom.